The second-order valence-corrected chi connectivity index (χ2v) is 8.22. The van der Waals surface area contributed by atoms with Crippen LogP contribution in [0.15, 0.2) is 30.5 Å². The molecule has 162 valence electrons. The van der Waals surface area contributed by atoms with Gasteiger partial charge in [0.25, 0.3) is 0 Å². The molecule has 2 aromatic heterocycles. The second-order valence-electron chi connectivity index (χ2n) is 8.22. The number of aryl methyl sites for hydroxylation is 3. The van der Waals surface area contributed by atoms with Crippen LogP contribution in [0.1, 0.15) is 40.3 Å². The first-order chi connectivity index (χ1) is 14.8. The van der Waals surface area contributed by atoms with Crippen LogP contribution in [0.3, 0.4) is 0 Å². The Morgan fingerprint density at radius 1 is 1.06 bits per heavy atom. The summed E-state index contributed by atoms with van der Waals surface area (Å²) < 4.78 is 15.1. The highest BCUT2D eigenvalue weighted by atomic mass is 19.1. The summed E-state index contributed by atoms with van der Waals surface area (Å²) in [5, 5.41) is 4.40. The maximum Gasteiger partial charge on any atom is 0.228 e. The van der Waals surface area contributed by atoms with Gasteiger partial charge in [-0.15, -0.1) is 0 Å². The van der Waals surface area contributed by atoms with Crippen molar-refractivity contribution < 1.29 is 9.18 Å². The monoisotopic (exact) mass is 422 g/mol. The molecule has 7 nitrogen and oxygen atoms in total. The standard InChI is InChI=1S/C23H27FN6O/c1-15-18(13-29(4)27-15)12-28(3)14-21-25-16(2)20-9-10-22(31)30(23(20)26-21)11-17-5-7-19(24)8-6-17/h5-8,13H,9-12,14H2,1-4H3. The molecular formula is C23H27FN6O. The van der Waals surface area contributed by atoms with E-state index in [1.807, 2.05) is 38.8 Å². The summed E-state index contributed by atoms with van der Waals surface area (Å²) in [4.78, 5) is 26.1. The number of carbonyl (C=O) groups excluding carboxylic acids is 1. The number of nitrogens with zero attached hydrogens (tertiary/aromatic N) is 6. The largest absolute Gasteiger partial charge is 0.295 e. The molecule has 4 rings (SSSR count). The van der Waals surface area contributed by atoms with E-state index in [0.29, 0.717) is 37.6 Å². The van der Waals surface area contributed by atoms with E-state index in [1.54, 1.807) is 17.0 Å². The third kappa shape index (κ3) is 4.64. The molecule has 1 aliphatic rings. The molecule has 0 unspecified atom stereocenters. The molecule has 0 fully saturated rings. The zero-order chi connectivity index (χ0) is 22.1. The fourth-order valence-corrected chi connectivity index (χ4v) is 4.04. The molecular weight excluding hydrogens is 395 g/mol. The van der Waals surface area contributed by atoms with Crippen molar-refractivity contribution in [2.45, 2.75) is 46.3 Å². The number of hydrogen-bond acceptors (Lipinski definition) is 5. The lowest BCUT2D eigenvalue weighted by atomic mass is 10.0. The predicted molar refractivity (Wildman–Crippen MR) is 116 cm³/mol. The van der Waals surface area contributed by atoms with Gasteiger partial charge in [-0.05, 0) is 45.0 Å². The van der Waals surface area contributed by atoms with Crippen molar-refractivity contribution in [2.75, 3.05) is 11.9 Å². The van der Waals surface area contributed by atoms with Crippen LogP contribution in [-0.4, -0.2) is 37.6 Å². The molecule has 1 amide bonds. The maximum absolute atomic E-state index is 13.3. The normalized spacial score (nSPS) is 13.7. The smallest absolute Gasteiger partial charge is 0.228 e. The molecule has 0 aliphatic carbocycles. The Morgan fingerprint density at radius 3 is 2.48 bits per heavy atom. The number of anilines is 1. The Hall–Kier alpha value is -3.13. The fourth-order valence-electron chi connectivity index (χ4n) is 4.04. The highest BCUT2D eigenvalue weighted by Gasteiger charge is 2.28. The van der Waals surface area contributed by atoms with Crippen LogP contribution < -0.4 is 4.90 Å². The van der Waals surface area contributed by atoms with Gasteiger partial charge in [0.05, 0.1) is 18.8 Å². The van der Waals surface area contributed by atoms with Gasteiger partial charge in [-0.3, -0.25) is 19.3 Å². The molecule has 0 bridgehead atoms. The molecule has 1 aliphatic heterocycles. The Labute approximate surface area is 181 Å². The highest BCUT2D eigenvalue weighted by Crippen LogP contribution is 2.29. The van der Waals surface area contributed by atoms with E-state index < -0.39 is 0 Å². The number of amides is 1. The van der Waals surface area contributed by atoms with Crippen LogP contribution in [0.2, 0.25) is 0 Å². The van der Waals surface area contributed by atoms with Crippen LogP contribution in [0.4, 0.5) is 10.2 Å². The first kappa shape index (κ1) is 21.1. The van der Waals surface area contributed by atoms with Gasteiger partial charge >= 0.3 is 0 Å². The first-order valence-corrected chi connectivity index (χ1v) is 10.4. The average molecular weight is 423 g/mol. The van der Waals surface area contributed by atoms with Crippen LogP contribution >= 0.6 is 0 Å². The first-order valence-electron chi connectivity index (χ1n) is 10.4. The van der Waals surface area contributed by atoms with Crippen LogP contribution in [0, 0.1) is 19.7 Å². The summed E-state index contributed by atoms with van der Waals surface area (Å²) in [6.45, 7) is 5.63. The average Bonchev–Trinajstić information content (AvgIpc) is 3.02. The van der Waals surface area contributed by atoms with Gasteiger partial charge in [0.1, 0.15) is 17.5 Å². The van der Waals surface area contributed by atoms with Gasteiger partial charge in [-0.1, -0.05) is 12.1 Å². The lowest BCUT2D eigenvalue weighted by molar-refractivity contribution is -0.119. The van der Waals surface area contributed by atoms with Gasteiger partial charge in [-0.2, -0.15) is 5.10 Å². The quantitative estimate of drug-likeness (QED) is 0.611. The van der Waals surface area contributed by atoms with E-state index in [1.165, 1.54) is 12.1 Å². The fraction of sp³-hybridized carbons (Fsp3) is 0.391. The molecule has 0 saturated carbocycles. The summed E-state index contributed by atoms with van der Waals surface area (Å²) >= 11 is 0. The molecule has 1 aromatic carbocycles. The minimum absolute atomic E-state index is 0.0280. The summed E-state index contributed by atoms with van der Waals surface area (Å²) in [5.41, 5.74) is 4.95. The van der Waals surface area contributed by atoms with Crippen molar-refractivity contribution in [2.24, 2.45) is 7.05 Å². The number of aromatic nitrogens is 4. The summed E-state index contributed by atoms with van der Waals surface area (Å²) in [7, 11) is 3.94. The molecule has 0 spiro atoms. The van der Waals surface area contributed by atoms with Crippen molar-refractivity contribution in [3.8, 4) is 0 Å². The predicted octanol–water partition coefficient (Wildman–Crippen LogP) is 3.08. The zero-order valence-electron chi connectivity index (χ0n) is 18.4. The minimum Gasteiger partial charge on any atom is -0.295 e. The number of fused-ring (bicyclic) bond motifs is 1. The van der Waals surface area contributed by atoms with Crippen molar-refractivity contribution in [3.05, 3.63) is 70.2 Å². The van der Waals surface area contributed by atoms with E-state index in [2.05, 4.69) is 10.00 Å². The van der Waals surface area contributed by atoms with Gasteiger partial charge in [0, 0.05) is 43.0 Å². The highest BCUT2D eigenvalue weighted by molar-refractivity contribution is 5.95. The maximum atomic E-state index is 13.3. The lowest BCUT2D eigenvalue weighted by Gasteiger charge is -2.30. The third-order valence-corrected chi connectivity index (χ3v) is 5.60. The molecule has 8 heteroatoms. The Bertz CT molecular complexity index is 1110. The lowest BCUT2D eigenvalue weighted by Crippen LogP contribution is -2.36. The van der Waals surface area contributed by atoms with Crippen LogP contribution in [0.25, 0.3) is 0 Å². The van der Waals surface area contributed by atoms with Gasteiger partial charge in [0.2, 0.25) is 5.91 Å². The molecule has 0 N–H and O–H groups in total. The van der Waals surface area contributed by atoms with Gasteiger partial charge in [0.15, 0.2) is 0 Å². The van der Waals surface area contributed by atoms with E-state index in [4.69, 9.17) is 9.97 Å². The van der Waals surface area contributed by atoms with Crippen LogP contribution in [-0.2, 0) is 37.9 Å². The Kier molecular flexibility index (Phi) is 5.82. The molecule has 0 atom stereocenters. The summed E-state index contributed by atoms with van der Waals surface area (Å²) in [5.74, 6) is 1.09. The van der Waals surface area contributed by atoms with Crippen molar-refractivity contribution >= 4 is 11.7 Å². The van der Waals surface area contributed by atoms with E-state index in [9.17, 15) is 9.18 Å². The Balaban J connectivity index is 1.58. The van der Waals surface area contributed by atoms with Gasteiger partial charge in [-0.25, -0.2) is 14.4 Å². The molecule has 0 saturated heterocycles. The van der Waals surface area contributed by atoms with E-state index >= 15 is 0 Å². The summed E-state index contributed by atoms with van der Waals surface area (Å²) in [6, 6.07) is 6.24. The van der Waals surface area contributed by atoms with Crippen molar-refractivity contribution in [1.29, 1.82) is 0 Å². The number of halogens is 1. The van der Waals surface area contributed by atoms with Crippen LogP contribution in [0.5, 0.6) is 0 Å². The number of benzene rings is 1. The van der Waals surface area contributed by atoms with Gasteiger partial charge < -0.3 is 0 Å². The van der Waals surface area contributed by atoms with E-state index in [-0.39, 0.29) is 11.7 Å². The molecule has 31 heavy (non-hydrogen) atoms. The SMILES string of the molecule is Cc1nn(C)cc1CN(C)Cc1nc(C)c2c(n1)N(Cc1ccc(F)cc1)C(=O)CC2. The summed E-state index contributed by atoms with van der Waals surface area (Å²) in [6.07, 6.45) is 3.09. The van der Waals surface area contributed by atoms with E-state index in [0.717, 1.165) is 34.6 Å². The molecule has 0 radical (unpaired) electrons. The number of rotatable bonds is 6. The number of hydrogen-bond donors (Lipinski definition) is 0. The second kappa shape index (κ2) is 8.55. The van der Waals surface area contributed by atoms with Crippen molar-refractivity contribution in [1.82, 2.24) is 24.6 Å². The minimum atomic E-state index is -0.290. The third-order valence-electron chi connectivity index (χ3n) is 5.60. The zero-order valence-corrected chi connectivity index (χ0v) is 18.4. The molecule has 3 heterocycles. The topological polar surface area (TPSA) is 67.2 Å². The number of carbonyl (C=O) groups is 1. The Morgan fingerprint density at radius 2 is 1.81 bits per heavy atom. The van der Waals surface area contributed by atoms with Crippen molar-refractivity contribution in [3.63, 3.8) is 0 Å². The molecule has 3 aromatic rings.